The second-order valence-electron chi connectivity index (χ2n) is 4.85. The maximum Gasteiger partial charge on any atom is 0.354 e. The highest BCUT2D eigenvalue weighted by Crippen LogP contribution is 2.26. The molecule has 1 aromatic heterocycles. The fraction of sp³-hybridized carbons (Fsp3) is 0.267. The smallest absolute Gasteiger partial charge is 0.354 e. The van der Waals surface area contributed by atoms with Gasteiger partial charge in [0.15, 0.2) is 0 Å². The Labute approximate surface area is 134 Å². The van der Waals surface area contributed by atoms with Crippen LogP contribution in [-0.2, 0) is 21.8 Å². The van der Waals surface area contributed by atoms with Gasteiger partial charge >= 0.3 is 5.97 Å². The molecule has 23 heavy (non-hydrogen) atoms. The molecule has 0 fully saturated rings. The number of aryl methyl sites for hydroxylation is 1. The van der Waals surface area contributed by atoms with Crippen molar-refractivity contribution in [1.82, 2.24) is 4.57 Å². The third kappa shape index (κ3) is 3.16. The van der Waals surface area contributed by atoms with E-state index in [1.165, 1.54) is 52.5 Å². The number of phenols is 1. The lowest BCUT2D eigenvalue weighted by Crippen LogP contribution is -2.30. The van der Waals surface area contributed by atoms with E-state index in [4.69, 9.17) is 0 Å². The summed E-state index contributed by atoms with van der Waals surface area (Å²) in [7, 11) is -1.03. The van der Waals surface area contributed by atoms with Gasteiger partial charge in [-0.3, -0.25) is 4.31 Å². The van der Waals surface area contributed by atoms with Crippen LogP contribution in [0.3, 0.4) is 0 Å². The van der Waals surface area contributed by atoms with Crippen molar-refractivity contribution in [3.63, 3.8) is 0 Å². The lowest BCUT2D eigenvalue weighted by molar-refractivity contribution is 0.0590. The summed E-state index contributed by atoms with van der Waals surface area (Å²) in [6.07, 6.45) is 1.37. The average molecular weight is 338 g/mol. The van der Waals surface area contributed by atoms with Gasteiger partial charge in [0.2, 0.25) is 0 Å². The molecule has 7 nitrogen and oxygen atoms in total. The summed E-state index contributed by atoms with van der Waals surface area (Å²) < 4.78 is 32.9. The highest BCUT2D eigenvalue weighted by atomic mass is 32.2. The van der Waals surface area contributed by atoms with Crippen LogP contribution in [0.5, 0.6) is 5.75 Å². The Kier molecular flexibility index (Phi) is 4.65. The molecule has 0 radical (unpaired) electrons. The zero-order valence-corrected chi connectivity index (χ0v) is 13.9. The number of sulfonamides is 1. The van der Waals surface area contributed by atoms with E-state index in [-0.39, 0.29) is 22.9 Å². The van der Waals surface area contributed by atoms with Crippen LogP contribution in [0.25, 0.3) is 0 Å². The summed E-state index contributed by atoms with van der Waals surface area (Å²) in [6, 6.07) is 7.14. The van der Waals surface area contributed by atoms with Crippen molar-refractivity contribution < 1.29 is 23.1 Å². The van der Waals surface area contributed by atoms with Crippen molar-refractivity contribution in [1.29, 1.82) is 0 Å². The highest BCUT2D eigenvalue weighted by molar-refractivity contribution is 7.92. The van der Waals surface area contributed by atoms with E-state index >= 15 is 0 Å². The van der Waals surface area contributed by atoms with Crippen molar-refractivity contribution >= 4 is 21.7 Å². The molecule has 2 rings (SSSR count). The number of benzene rings is 1. The molecule has 0 atom stereocenters. The van der Waals surface area contributed by atoms with Crippen molar-refractivity contribution in [2.75, 3.05) is 18.0 Å². The summed E-state index contributed by atoms with van der Waals surface area (Å²) in [6.45, 7) is 1.91. The zero-order valence-electron chi connectivity index (χ0n) is 13.1. The third-order valence-electron chi connectivity index (χ3n) is 3.39. The summed E-state index contributed by atoms with van der Waals surface area (Å²) >= 11 is 0. The predicted octanol–water partition coefficient (Wildman–Crippen LogP) is 1.73. The molecule has 0 spiro atoms. The second kappa shape index (κ2) is 6.33. The first-order chi connectivity index (χ1) is 10.8. The van der Waals surface area contributed by atoms with Crippen molar-refractivity contribution in [3.05, 3.63) is 42.2 Å². The van der Waals surface area contributed by atoms with Crippen LogP contribution in [0, 0.1) is 0 Å². The molecule has 1 N–H and O–H groups in total. The number of nitrogens with zero attached hydrogens (tertiary/aromatic N) is 2. The molecule has 0 aliphatic carbocycles. The maximum atomic E-state index is 12.8. The van der Waals surface area contributed by atoms with Crippen LogP contribution in [0.15, 0.2) is 41.4 Å². The monoisotopic (exact) mass is 338 g/mol. The number of hydrogen-bond acceptors (Lipinski definition) is 5. The SMILES string of the molecule is CCN(c1ccc(O)cc1)S(=O)(=O)c1cc(C(=O)OC)n(C)c1. The number of ether oxygens (including phenoxy) is 1. The Bertz CT molecular complexity index is 809. The van der Waals surface area contributed by atoms with Crippen molar-refractivity contribution in [2.45, 2.75) is 11.8 Å². The molecular formula is C15H18N2O5S. The first kappa shape index (κ1) is 16.9. The van der Waals surface area contributed by atoms with Crippen LogP contribution in [0.1, 0.15) is 17.4 Å². The third-order valence-corrected chi connectivity index (χ3v) is 5.26. The molecule has 0 amide bonds. The van der Waals surface area contributed by atoms with Gasteiger partial charge in [-0.15, -0.1) is 0 Å². The van der Waals surface area contributed by atoms with E-state index in [1.807, 2.05) is 0 Å². The first-order valence-corrected chi connectivity index (χ1v) is 8.31. The lowest BCUT2D eigenvalue weighted by atomic mass is 10.3. The van der Waals surface area contributed by atoms with E-state index in [0.717, 1.165) is 0 Å². The zero-order chi connectivity index (χ0) is 17.2. The van der Waals surface area contributed by atoms with Crippen LogP contribution in [-0.4, -0.2) is 37.7 Å². The molecule has 0 saturated carbocycles. The van der Waals surface area contributed by atoms with Gasteiger partial charge in [-0.1, -0.05) is 0 Å². The average Bonchev–Trinajstić information content (AvgIpc) is 2.91. The van der Waals surface area contributed by atoms with Crippen molar-refractivity contribution in [3.8, 4) is 5.75 Å². The molecule has 0 aliphatic heterocycles. The standard InChI is InChI=1S/C15H18N2O5S/c1-4-17(11-5-7-12(18)8-6-11)23(20,21)13-9-14(15(19)22-3)16(2)10-13/h5-10,18H,4H2,1-3H3. The largest absolute Gasteiger partial charge is 0.508 e. The number of aromatic hydroxyl groups is 1. The molecule has 0 unspecified atom stereocenters. The predicted molar refractivity (Wildman–Crippen MR) is 85.1 cm³/mol. The summed E-state index contributed by atoms with van der Waals surface area (Å²) in [5.41, 5.74) is 0.571. The summed E-state index contributed by atoms with van der Waals surface area (Å²) in [5.74, 6) is -0.559. The fourth-order valence-corrected chi connectivity index (χ4v) is 3.77. The number of carbonyl (C=O) groups excluding carboxylic acids is 1. The Hall–Kier alpha value is -2.48. The Morgan fingerprint density at radius 3 is 2.43 bits per heavy atom. The van der Waals surface area contributed by atoms with Crippen LogP contribution >= 0.6 is 0 Å². The van der Waals surface area contributed by atoms with E-state index in [1.54, 1.807) is 14.0 Å². The number of carbonyl (C=O) groups is 1. The molecule has 0 saturated heterocycles. The van der Waals surface area contributed by atoms with E-state index in [2.05, 4.69) is 4.74 Å². The van der Waals surface area contributed by atoms with Gasteiger partial charge in [-0.05, 0) is 37.3 Å². The summed E-state index contributed by atoms with van der Waals surface area (Å²) in [5, 5.41) is 9.34. The Morgan fingerprint density at radius 2 is 1.91 bits per heavy atom. The topological polar surface area (TPSA) is 88.8 Å². The number of methoxy groups -OCH3 is 1. The van der Waals surface area contributed by atoms with E-state index in [0.29, 0.717) is 5.69 Å². The molecular weight excluding hydrogens is 320 g/mol. The van der Waals surface area contributed by atoms with Gasteiger partial charge in [-0.2, -0.15) is 0 Å². The van der Waals surface area contributed by atoms with E-state index in [9.17, 15) is 18.3 Å². The van der Waals surface area contributed by atoms with Gasteiger partial charge in [0.05, 0.1) is 12.8 Å². The Morgan fingerprint density at radius 1 is 1.30 bits per heavy atom. The molecule has 2 aromatic rings. The minimum absolute atomic E-state index is 0.00433. The Balaban J connectivity index is 2.47. The van der Waals surface area contributed by atoms with Crippen LogP contribution in [0.2, 0.25) is 0 Å². The van der Waals surface area contributed by atoms with E-state index < -0.39 is 16.0 Å². The summed E-state index contributed by atoms with van der Waals surface area (Å²) in [4.78, 5) is 11.6. The molecule has 0 aliphatic rings. The molecule has 1 heterocycles. The van der Waals surface area contributed by atoms with Gasteiger partial charge in [0, 0.05) is 19.8 Å². The second-order valence-corrected chi connectivity index (χ2v) is 6.71. The normalized spacial score (nSPS) is 11.3. The number of aromatic nitrogens is 1. The number of rotatable bonds is 5. The lowest BCUT2D eigenvalue weighted by Gasteiger charge is -2.22. The van der Waals surface area contributed by atoms with Crippen molar-refractivity contribution in [2.24, 2.45) is 7.05 Å². The quantitative estimate of drug-likeness (QED) is 0.839. The fourth-order valence-electron chi connectivity index (χ4n) is 2.22. The van der Waals surface area contributed by atoms with Gasteiger partial charge in [0.1, 0.15) is 16.3 Å². The molecule has 8 heteroatoms. The minimum atomic E-state index is -3.84. The first-order valence-electron chi connectivity index (χ1n) is 6.87. The molecule has 0 bridgehead atoms. The van der Waals surface area contributed by atoms with Crippen LogP contribution in [0.4, 0.5) is 5.69 Å². The van der Waals surface area contributed by atoms with Gasteiger partial charge in [-0.25, -0.2) is 13.2 Å². The van der Waals surface area contributed by atoms with Gasteiger partial charge < -0.3 is 14.4 Å². The number of anilines is 1. The minimum Gasteiger partial charge on any atom is -0.508 e. The number of hydrogen-bond donors (Lipinski definition) is 1. The number of phenolic OH excluding ortho intramolecular Hbond substituents is 1. The highest BCUT2D eigenvalue weighted by Gasteiger charge is 2.27. The number of esters is 1. The molecule has 1 aromatic carbocycles. The maximum absolute atomic E-state index is 12.8. The van der Waals surface area contributed by atoms with Gasteiger partial charge in [0.25, 0.3) is 10.0 Å². The van der Waals surface area contributed by atoms with Crippen LogP contribution < -0.4 is 4.31 Å². The molecule has 124 valence electrons.